The largest absolute Gasteiger partial charge is 0.506 e. The Morgan fingerprint density at radius 1 is 1.03 bits per heavy atom. The number of aliphatic hydroxyl groups excluding tert-OH is 1. The summed E-state index contributed by atoms with van der Waals surface area (Å²) in [5.41, 5.74) is 1.13. The fourth-order valence-electron chi connectivity index (χ4n) is 2.95. The van der Waals surface area contributed by atoms with Crippen molar-refractivity contribution in [3.05, 3.63) is 58.2 Å². The van der Waals surface area contributed by atoms with Crippen molar-refractivity contribution in [1.82, 2.24) is 0 Å². The molecule has 2 aromatic carbocycles. The van der Waals surface area contributed by atoms with Crippen LogP contribution in [0.15, 0.2) is 57.6 Å². The molecule has 0 amide bonds. The molecule has 0 spiro atoms. The van der Waals surface area contributed by atoms with Crippen LogP contribution in [0.4, 0.5) is 5.69 Å². The molecule has 0 aromatic heterocycles. The molecule has 1 aliphatic heterocycles. The van der Waals surface area contributed by atoms with E-state index in [-0.39, 0.29) is 22.1 Å². The Morgan fingerprint density at radius 2 is 1.78 bits per heavy atom. The topological polar surface area (TPSA) is 107 Å². The maximum atomic E-state index is 12.4. The molecule has 8 nitrogen and oxygen atoms in total. The van der Waals surface area contributed by atoms with Crippen molar-refractivity contribution >= 4 is 34.5 Å². The van der Waals surface area contributed by atoms with Crippen molar-refractivity contribution in [1.29, 1.82) is 0 Å². The van der Waals surface area contributed by atoms with Gasteiger partial charge in [-0.25, -0.2) is 9.79 Å². The number of phenols is 1. The Balaban J connectivity index is 2.03. The molecule has 0 saturated carbocycles. The van der Waals surface area contributed by atoms with Gasteiger partial charge in [-0.2, -0.15) is 0 Å². The van der Waals surface area contributed by atoms with Gasteiger partial charge in [0.25, 0.3) is 0 Å². The van der Waals surface area contributed by atoms with Gasteiger partial charge in [-0.1, -0.05) is 17.8 Å². The molecule has 0 unspecified atom stereocenters. The number of esters is 1. The van der Waals surface area contributed by atoms with Crippen molar-refractivity contribution in [3.63, 3.8) is 0 Å². The van der Waals surface area contributed by atoms with E-state index in [1.807, 2.05) is 6.92 Å². The number of nitrogens with zero attached hydrogens (tertiary/aromatic N) is 1. The predicted octanol–water partition coefficient (Wildman–Crippen LogP) is 4.61. The minimum absolute atomic E-state index is 0.0128. The van der Waals surface area contributed by atoms with Gasteiger partial charge >= 0.3 is 5.97 Å². The molecular weight excluding hydrogens is 434 g/mol. The molecule has 0 saturated heterocycles. The molecule has 9 heteroatoms. The van der Waals surface area contributed by atoms with Gasteiger partial charge in [0.15, 0.2) is 23.0 Å². The monoisotopic (exact) mass is 457 g/mol. The van der Waals surface area contributed by atoms with Crippen LogP contribution in [0.5, 0.6) is 23.0 Å². The summed E-state index contributed by atoms with van der Waals surface area (Å²) in [5.74, 6) is 0.401. The van der Waals surface area contributed by atoms with Crippen LogP contribution in [0.1, 0.15) is 12.5 Å². The predicted molar refractivity (Wildman–Crippen MR) is 123 cm³/mol. The van der Waals surface area contributed by atoms with Gasteiger partial charge in [0.05, 0.1) is 38.5 Å². The van der Waals surface area contributed by atoms with Crippen LogP contribution >= 0.6 is 11.8 Å². The molecule has 0 aliphatic carbocycles. The van der Waals surface area contributed by atoms with Crippen LogP contribution in [0.25, 0.3) is 6.08 Å². The van der Waals surface area contributed by atoms with E-state index in [1.165, 1.54) is 27.4 Å². The number of methoxy groups -OCH3 is 3. The average Bonchev–Trinajstić information content (AvgIpc) is 3.09. The molecule has 168 valence electrons. The second-order valence-electron chi connectivity index (χ2n) is 6.44. The van der Waals surface area contributed by atoms with E-state index in [1.54, 1.807) is 36.4 Å². The first-order chi connectivity index (χ1) is 15.4. The highest BCUT2D eigenvalue weighted by molar-refractivity contribution is 8.18. The van der Waals surface area contributed by atoms with E-state index in [4.69, 9.17) is 18.9 Å². The summed E-state index contributed by atoms with van der Waals surface area (Å²) in [6.45, 7) is 2.20. The summed E-state index contributed by atoms with van der Waals surface area (Å²) in [4.78, 5) is 17.3. The molecule has 1 heterocycles. The lowest BCUT2D eigenvalue weighted by Gasteiger charge is -2.08. The number of rotatable bonds is 7. The minimum atomic E-state index is -0.710. The molecule has 3 rings (SSSR count). The fraction of sp³-hybridized carbons (Fsp3) is 0.217. The fourth-order valence-corrected chi connectivity index (χ4v) is 3.98. The summed E-state index contributed by atoms with van der Waals surface area (Å²) in [6, 6.07) is 9.87. The van der Waals surface area contributed by atoms with Crippen LogP contribution in [-0.2, 0) is 9.53 Å². The van der Waals surface area contributed by atoms with Crippen LogP contribution in [0.3, 0.4) is 0 Å². The molecule has 32 heavy (non-hydrogen) atoms. The van der Waals surface area contributed by atoms with E-state index in [2.05, 4.69) is 4.99 Å². The second kappa shape index (κ2) is 10.1. The minimum Gasteiger partial charge on any atom is -0.506 e. The lowest BCUT2D eigenvalue weighted by Crippen LogP contribution is -2.10. The summed E-state index contributed by atoms with van der Waals surface area (Å²) in [5, 5.41) is 20.9. The molecule has 0 atom stereocenters. The number of ether oxygens (including phenoxy) is 4. The second-order valence-corrected chi connectivity index (χ2v) is 7.47. The standard InChI is InChI=1S/C23H23NO7S/c1-5-31-17-10-13(6-8-15(17)25)11-19-21(26)20(23(27)30-4)22(32-19)24-14-7-9-16(28-2)18(12-14)29-3/h6-12,25-26H,5H2,1-4H3/b19-11+,24-22?. The maximum absolute atomic E-state index is 12.4. The van der Waals surface area contributed by atoms with Crippen molar-refractivity contribution in [2.45, 2.75) is 6.92 Å². The van der Waals surface area contributed by atoms with Gasteiger partial charge in [0, 0.05) is 6.07 Å². The van der Waals surface area contributed by atoms with Crippen molar-refractivity contribution in [2.24, 2.45) is 4.99 Å². The Labute approximate surface area is 189 Å². The van der Waals surface area contributed by atoms with Gasteiger partial charge in [-0.05, 0) is 42.8 Å². The highest BCUT2D eigenvalue weighted by Crippen LogP contribution is 2.41. The quantitative estimate of drug-likeness (QED) is 0.581. The molecule has 0 fully saturated rings. The third-order valence-electron chi connectivity index (χ3n) is 4.46. The van der Waals surface area contributed by atoms with Crippen LogP contribution in [-0.4, -0.2) is 49.2 Å². The number of benzene rings is 2. The Hall–Kier alpha value is -3.59. The van der Waals surface area contributed by atoms with Crippen LogP contribution in [0, 0.1) is 0 Å². The number of carbonyl (C=O) groups is 1. The Bertz CT molecular complexity index is 1120. The smallest absolute Gasteiger partial charge is 0.344 e. The van der Waals surface area contributed by atoms with Gasteiger partial charge in [-0.15, -0.1) is 0 Å². The highest BCUT2D eigenvalue weighted by atomic mass is 32.2. The van der Waals surface area contributed by atoms with E-state index < -0.39 is 5.97 Å². The zero-order chi connectivity index (χ0) is 23.3. The number of thioether (sulfide) groups is 1. The lowest BCUT2D eigenvalue weighted by atomic mass is 10.1. The van der Waals surface area contributed by atoms with Gasteiger partial charge in [0.1, 0.15) is 16.4 Å². The summed E-state index contributed by atoms with van der Waals surface area (Å²) >= 11 is 1.12. The van der Waals surface area contributed by atoms with Crippen LogP contribution in [0.2, 0.25) is 0 Å². The SMILES string of the molecule is CCOc1cc(/C=C2/SC(=Nc3ccc(OC)c(OC)c3)C(C(=O)OC)=C2O)ccc1O. The normalized spacial score (nSPS) is 15.9. The molecular formula is C23H23NO7S. The molecule has 0 radical (unpaired) electrons. The van der Waals surface area contributed by atoms with E-state index in [0.717, 1.165) is 11.8 Å². The third kappa shape index (κ3) is 4.83. The summed E-state index contributed by atoms with van der Waals surface area (Å²) in [6.07, 6.45) is 1.67. The molecule has 2 N–H and O–H groups in total. The highest BCUT2D eigenvalue weighted by Gasteiger charge is 2.33. The van der Waals surface area contributed by atoms with Gasteiger partial charge < -0.3 is 29.2 Å². The first kappa shape index (κ1) is 23.1. The number of hydrogen-bond acceptors (Lipinski definition) is 9. The zero-order valence-electron chi connectivity index (χ0n) is 18.0. The van der Waals surface area contributed by atoms with Crippen molar-refractivity contribution < 1.29 is 34.0 Å². The van der Waals surface area contributed by atoms with Gasteiger partial charge in [0.2, 0.25) is 0 Å². The number of carbonyl (C=O) groups excluding carboxylic acids is 1. The summed E-state index contributed by atoms with van der Waals surface area (Å²) in [7, 11) is 4.28. The number of aliphatic hydroxyl groups is 1. The van der Waals surface area contributed by atoms with E-state index in [9.17, 15) is 15.0 Å². The molecule has 1 aliphatic rings. The van der Waals surface area contributed by atoms with E-state index >= 15 is 0 Å². The number of aromatic hydroxyl groups is 1. The first-order valence-electron chi connectivity index (χ1n) is 9.60. The van der Waals surface area contributed by atoms with Crippen molar-refractivity contribution in [3.8, 4) is 23.0 Å². The molecule has 2 aromatic rings. The van der Waals surface area contributed by atoms with E-state index in [0.29, 0.717) is 40.0 Å². The molecule has 0 bridgehead atoms. The Kier molecular flexibility index (Phi) is 7.32. The number of phenolic OH excluding ortho intramolecular Hbond substituents is 1. The van der Waals surface area contributed by atoms with Gasteiger partial charge in [-0.3, -0.25) is 0 Å². The first-order valence-corrected chi connectivity index (χ1v) is 10.4. The number of hydrogen-bond donors (Lipinski definition) is 2. The lowest BCUT2D eigenvalue weighted by molar-refractivity contribution is -0.135. The number of aliphatic imine (C=N–C) groups is 1. The zero-order valence-corrected chi connectivity index (χ0v) is 18.9. The Morgan fingerprint density at radius 3 is 2.44 bits per heavy atom. The third-order valence-corrected chi connectivity index (χ3v) is 5.48. The van der Waals surface area contributed by atoms with Crippen molar-refractivity contribution in [2.75, 3.05) is 27.9 Å². The average molecular weight is 458 g/mol. The van der Waals surface area contributed by atoms with Crippen LogP contribution < -0.4 is 14.2 Å². The maximum Gasteiger partial charge on any atom is 0.344 e. The summed E-state index contributed by atoms with van der Waals surface area (Å²) < 4.78 is 20.8.